The van der Waals surface area contributed by atoms with Gasteiger partial charge in [0.1, 0.15) is 5.82 Å². The minimum Gasteiger partial charge on any atom is -0.315 e. The zero-order valence-electron chi connectivity index (χ0n) is 6.47. The second-order valence-electron chi connectivity index (χ2n) is 2.23. The zero-order chi connectivity index (χ0) is 9.84. The van der Waals surface area contributed by atoms with Crippen LogP contribution in [0.3, 0.4) is 0 Å². The summed E-state index contributed by atoms with van der Waals surface area (Å²) in [6, 6.07) is 3.80. The summed E-state index contributed by atoms with van der Waals surface area (Å²) in [4.78, 5) is 10.7. The standard InChI is InChI=1S/C9H5ClFNO/c1-2-9(13)12-6-3-4-8(11)7(10)5-6/h1,3-5H,(H,12,13). The molecule has 0 atom stereocenters. The molecule has 0 heterocycles. The lowest BCUT2D eigenvalue weighted by Gasteiger charge is -2.01. The van der Waals surface area contributed by atoms with Crippen LogP contribution in [-0.2, 0) is 4.79 Å². The molecule has 0 saturated heterocycles. The molecule has 1 N–H and O–H groups in total. The van der Waals surface area contributed by atoms with E-state index in [2.05, 4.69) is 5.32 Å². The minimum atomic E-state index is -0.595. The number of carbonyl (C=O) groups excluding carboxylic acids is 1. The number of terminal acetylenes is 1. The molecule has 4 heteroatoms. The SMILES string of the molecule is C#CC(=O)Nc1ccc(F)c(Cl)c1. The highest BCUT2D eigenvalue weighted by molar-refractivity contribution is 6.31. The zero-order valence-corrected chi connectivity index (χ0v) is 7.23. The number of rotatable bonds is 1. The Morgan fingerprint density at radius 3 is 2.85 bits per heavy atom. The van der Waals surface area contributed by atoms with Crippen LogP contribution < -0.4 is 5.32 Å². The van der Waals surface area contributed by atoms with Crippen molar-refractivity contribution in [1.29, 1.82) is 0 Å². The van der Waals surface area contributed by atoms with E-state index in [0.717, 1.165) is 6.07 Å². The lowest BCUT2D eigenvalue weighted by Crippen LogP contribution is -2.07. The van der Waals surface area contributed by atoms with E-state index in [1.807, 2.05) is 5.92 Å². The molecule has 13 heavy (non-hydrogen) atoms. The van der Waals surface area contributed by atoms with Crippen molar-refractivity contribution in [1.82, 2.24) is 0 Å². The van der Waals surface area contributed by atoms with Gasteiger partial charge in [-0.05, 0) is 24.1 Å². The summed E-state index contributed by atoms with van der Waals surface area (Å²) in [7, 11) is 0. The van der Waals surface area contributed by atoms with Crippen molar-refractivity contribution in [2.45, 2.75) is 0 Å². The van der Waals surface area contributed by atoms with E-state index in [0.29, 0.717) is 5.69 Å². The van der Waals surface area contributed by atoms with Crippen LogP contribution in [0.5, 0.6) is 0 Å². The second-order valence-corrected chi connectivity index (χ2v) is 2.63. The molecule has 0 unspecified atom stereocenters. The van der Waals surface area contributed by atoms with Crippen molar-refractivity contribution in [3.05, 3.63) is 29.0 Å². The maximum absolute atomic E-state index is 12.6. The highest BCUT2D eigenvalue weighted by atomic mass is 35.5. The summed E-state index contributed by atoms with van der Waals surface area (Å²) in [6.45, 7) is 0. The van der Waals surface area contributed by atoms with Crippen molar-refractivity contribution in [3.8, 4) is 12.3 Å². The normalized spacial score (nSPS) is 9.00. The topological polar surface area (TPSA) is 29.1 Å². The molecule has 0 radical (unpaired) electrons. The highest BCUT2D eigenvalue weighted by Crippen LogP contribution is 2.18. The third kappa shape index (κ3) is 2.46. The lowest BCUT2D eigenvalue weighted by atomic mass is 10.3. The number of benzene rings is 1. The number of amides is 1. The summed E-state index contributed by atoms with van der Waals surface area (Å²) in [5.41, 5.74) is 0.370. The average Bonchev–Trinajstić information content (AvgIpc) is 2.11. The van der Waals surface area contributed by atoms with Gasteiger partial charge in [-0.15, -0.1) is 6.42 Å². The van der Waals surface area contributed by atoms with E-state index < -0.39 is 11.7 Å². The van der Waals surface area contributed by atoms with Crippen LogP contribution in [0.15, 0.2) is 18.2 Å². The first-order valence-electron chi connectivity index (χ1n) is 3.36. The Labute approximate surface area is 79.7 Å². The van der Waals surface area contributed by atoms with Gasteiger partial charge in [-0.1, -0.05) is 11.6 Å². The maximum atomic E-state index is 12.6. The van der Waals surface area contributed by atoms with Crippen LogP contribution in [-0.4, -0.2) is 5.91 Å². The Morgan fingerprint density at radius 2 is 2.31 bits per heavy atom. The molecule has 0 fully saturated rings. The first kappa shape index (κ1) is 9.56. The number of hydrogen-bond acceptors (Lipinski definition) is 1. The van der Waals surface area contributed by atoms with Gasteiger partial charge >= 0.3 is 0 Å². The van der Waals surface area contributed by atoms with Crippen molar-refractivity contribution in [2.24, 2.45) is 0 Å². The van der Waals surface area contributed by atoms with Crippen molar-refractivity contribution in [3.63, 3.8) is 0 Å². The fourth-order valence-electron chi connectivity index (χ4n) is 0.741. The van der Waals surface area contributed by atoms with Gasteiger partial charge in [0.25, 0.3) is 5.91 Å². The minimum absolute atomic E-state index is 0.0604. The molecule has 0 aliphatic rings. The number of nitrogens with one attached hydrogen (secondary N) is 1. The largest absolute Gasteiger partial charge is 0.315 e. The summed E-state index contributed by atoms with van der Waals surface area (Å²) in [5.74, 6) is 0.725. The summed E-state index contributed by atoms with van der Waals surface area (Å²) >= 11 is 5.46. The van der Waals surface area contributed by atoms with Gasteiger partial charge in [0.15, 0.2) is 0 Å². The first-order chi connectivity index (χ1) is 6.13. The quantitative estimate of drug-likeness (QED) is 0.686. The molecule has 0 aliphatic heterocycles. The van der Waals surface area contributed by atoms with Gasteiger partial charge in [-0.2, -0.15) is 0 Å². The molecule has 1 aromatic rings. The Hall–Kier alpha value is -1.53. The predicted molar refractivity (Wildman–Crippen MR) is 48.9 cm³/mol. The van der Waals surface area contributed by atoms with E-state index in [-0.39, 0.29) is 5.02 Å². The molecule has 1 rings (SSSR count). The Morgan fingerprint density at radius 1 is 1.62 bits per heavy atom. The molecule has 66 valence electrons. The smallest absolute Gasteiger partial charge is 0.300 e. The average molecular weight is 198 g/mol. The van der Waals surface area contributed by atoms with E-state index >= 15 is 0 Å². The van der Waals surface area contributed by atoms with E-state index in [1.165, 1.54) is 12.1 Å². The van der Waals surface area contributed by atoms with Crippen LogP contribution in [0.25, 0.3) is 0 Å². The Balaban J connectivity index is 2.87. The fourth-order valence-corrected chi connectivity index (χ4v) is 0.922. The molecule has 0 aliphatic carbocycles. The summed E-state index contributed by atoms with van der Waals surface area (Å²) < 4.78 is 12.6. The van der Waals surface area contributed by atoms with Gasteiger partial charge in [-0.3, -0.25) is 4.79 Å². The van der Waals surface area contributed by atoms with Gasteiger partial charge in [0, 0.05) is 5.69 Å². The van der Waals surface area contributed by atoms with Crippen LogP contribution in [0, 0.1) is 18.2 Å². The predicted octanol–water partition coefficient (Wildman–Crippen LogP) is 2.05. The molecule has 1 amide bonds. The van der Waals surface area contributed by atoms with Crippen LogP contribution in [0.1, 0.15) is 0 Å². The number of carbonyl (C=O) groups is 1. The third-order valence-electron chi connectivity index (χ3n) is 1.31. The summed E-state index contributed by atoms with van der Waals surface area (Å²) in [6.07, 6.45) is 4.82. The molecule has 2 nitrogen and oxygen atoms in total. The summed E-state index contributed by atoms with van der Waals surface area (Å²) in [5, 5.41) is 2.27. The van der Waals surface area contributed by atoms with Crippen LogP contribution in [0.4, 0.5) is 10.1 Å². The van der Waals surface area contributed by atoms with Crippen molar-refractivity contribution < 1.29 is 9.18 Å². The van der Waals surface area contributed by atoms with Gasteiger partial charge in [0.05, 0.1) is 5.02 Å². The molecule has 1 aromatic carbocycles. The molecular formula is C9H5ClFNO. The monoisotopic (exact) mass is 197 g/mol. The Bertz CT molecular complexity index is 384. The van der Waals surface area contributed by atoms with Gasteiger partial charge in [-0.25, -0.2) is 4.39 Å². The molecule has 0 bridgehead atoms. The fraction of sp³-hybridized carbons (Fsp3) is 0. The lowest BCUT2D eigenvalue weighted by molar-refractivity contribution is -0.111. The first-order valence-corrected chi connectivity index (χ1v) is 3.74. The Kier molecular flexibility index (Phi) is 2.88. The van der Waals surface area contributed by atoms with Crippen molar-refractivity contribution in [2.75, 3.05) is 5.32 Å². The molecule has 0 spiro atoms. The van der Waals surface area contributed by atoms with Crippen molar-refractivity contribution >= 4 is 23.2 Å². The maximum Gasteiger partial charge on any atom is 0.300 e. The highest BCUT2D eigenvalue weighted by Gasteiger charge is 2.02. The van der Waals surface area contributed by atoms with Crippen LogP contribution in [0.2, 0.25) is 5.02 Å². The van der Waals surface area contributed by atoms with E-state index in [1.54, 1.807) is 0 Å². The van der Waals surface area contributed by atoms with Crippen LogP contribution >= 0.6 is 11.6 Å². The van der Waals surface area contributed by atoms with Gasteiger partial charge in [0.2, 0.25) is 0 Å². The molecule has 0 aromatic heterocycles. The van der Waals surface area contributed by atoms with Gasteiger partial charge < -0.3 is 5.32 Å². The second kappa shape index (κ2) is 3.92. The molecule has 0 saturated carbocycles. The molecular weight excluding hydrogens is 193 g/mol. The van der Waals surface area contributed by atoms with E-state index in [4.69, 9.17) is 18.0 Å². The number of hydrogen-bond donors (Lipinski definition) is 1. The number of halogens is 2. The van der Waals surface area contributed by atoms with E-state index in [9.17, 15) is 9.18 Å². The number of anilines is 1. The third-order valence-corrected chi connectivity index (χ3v) is 1.60.